The van der Waals surface area contributed by atoms with Gasteiger partial charge < -0.3 is 0 Å². The molecule has 0 heterocycles. The average molecular weight is 208 g/mol. The Labute approximate surface area is 97.3 Å². The molecule has 2 aromatic carbocycles. The van der Waals surface area contributed by atoms with Crippen molar-refractivity contribution in [2.75, 3.05) is 0 Å². The highest BCUT2D eigenvalue weighted by Crippen LogP contribution is 2.29. The normalized spacial score (nSPS) is 10.1. The molecule has 0 aliphatic carbocycles. The first-order chi connectivity index (χ1) is 7.74. The molecule has 2 aromatic rings. The van der Waals surface area contributed by atoms with Gasteiger partial charge in [-0.1, -0.05) is 55.1 Å². The van der Waals surface area contributed by atoms with Gasteiger partial charge in [-0.25, -0.2) is 0 Å². The molecule has 0 spiro atoms. The van der Waals surface area contributed by atoms with Crippen molar-refractivity contribution in [1.29, 1.82) is 0 Å². The fourth-order valence-corrected chi connectivity index (χ4v) is 2.13. The highest BCUT2D eigenvalue weighted by Gasteiger charge is 2.07. The Kier molecular flexibility index (Phi) is 2.91. The molecule has 0 saturated heterocycles. The molecule has 0 nitrogen and oxygen atoms in total. The zero-order valence-corrected chi connectivity index (χ0v) is 9.83. The van der Waals surface area contributed by atoms with Crippen LogP contribution in [0.3, 0.4) is 0 Å². The topological polar surface area (TPSA) is 0 Å². The van der Waals surface area contributed by atoms with Gasteiger partial charge >= 0.3 is 0 Å². The summed E-state index contributed by atoms with van der Waals surface area (Å²) >= 11 is 0. The summed E-state index contributed by atoms with van der Waals surface area (Å²) in [5.41, 5.74) is 6.44. The summed E-state index contributed by atoms with van der Waals surface area (Å²) in [5, 5.41) is 0. The molecule has 0 bridgehead atoms. The van der Waals surface area contributed by atoms with Crippen molar-refractivity contribution in [3.05, 3.63) is 65.7 Å². The molecular formula is C16H16. The number of rotatable bonds is 2. The monoisotopic (exact) mass is 208 g/mol. The standard InChI is InChI=1S/C16H16/c1-4-14-11-10-12(2)16(13(14)3)15-8-6-5-7-9-15/h4-11H,1H2,2-3H3. The third-order valence-corrected chi connectivity index (χ3v) is 3.00. The second-order valence-corrected chi connectivity index (χ2v) is 4.04. The van der Waals surface area contributed by atoms with Gasteiger partial charge in [0.25, 0.3) is 0 Å². The Balaban J connectivity index is 2.69. The van der Waals surface area contributed by atoms with Crippen molar-refractivity contribution in [1.82, 2.24) is 0 Å². The quantitative estimate of drug-likeness (QED) is 0.676. The zero-order chi connectivity index (χ0) is 11.5. The van der Waals surface area contributed by atoms with E-state index in [0.29, 0.717) is 0 Å². The molecule has 16 heavy (non-hydrogen) atoms. The van der Waals surface area contributed by atoms with E-state index in [-0.39, 0.29) is 0 Å². The molecule has 0 aliphatic heterocycles. The molecule has 0 N–H and O–H groups in total. The van der Waals surface area contributed by atoms with E-state index in [1.165, 1.54) is 27.8 Å². The maximum atomic E-state index is 3.86. The molecule has 0 saturated carbocycles. The van der Waals surface area contributed by atoms with Crippen LogP contribution in [0, 0.1) is 13.8 Å². The van der Waals surface area contributed by atoms with E-state index in [0.717, 1.165) is 0 Å². The van der Waals surface area contributed by atoms with E-state index in [9.17, 15) is 0 Å². The highest BCUT2D eigenvalue weighted by atomic mass is 14.1. The smallest absolute Gasteiger partial charge is 0.0119 e. The van der Waals surface area contributed by atoms with Crippen molar-refractivity contribution in [3.63, 3.8) is 0 Å². The SMILES string of the molecule is C=Cc1ccc(C)c(-c2ccccc2)c1C. The predicted octanol–water partition coefficient (Wildman–Crippen LogP) is 4.61. The molecule has 80 valence electrons. The predicted molar refractivity (Wildman–Crippen MR) is 71.4 cm³/mol. The first-order valence-corrected chi connectivity index (χ1v) is 5.52. The number of hydrogen-bond donors (Lipinski definition) is 0. The summed E-state index contributed by atoms with van der Waals surface area (Å²) in [6.45, 7) is 8.17. The minimum absolute atomic E-state index is 1.21. The van der Waals surface area contributed by atoms with E-state index in [4.69, 9.17) is 0 Å². The summed E-state index contributed by atoms with van der Waals surface area (Å²) in [7, 11) is 0. The third-order valence-electron chi connectivity index (χ3n) is 3.00. The zero-order valence-electron chi connectivity index (χ0n) is 9.83. The van der Waals surface area contributed by atoms with Gasteiger partial charge in [0.15, 0.2) is 0 Å². The number of hydrogen-bond acceptors (Lipinski definition) is 0. The van der Waals surface area contributed by atoms with Crippen LogP contribution in [0.25, 0.3) is 17.2 Å². The molecule has 0 heteroatoms. The van der Waals surface area contributed by atoms with E-state index < -0.39 is 0 Å². The van der Waals surface area contributed by atoms with Crippen LogP contribution in [0.1, 0.15) is 16.7 Å². The van der Waals surface area contributed by atoms with Crippen LogP contribution in [0.4, 0.5) is 0 Å². The Morgan fingerprint density at radius 1 is 0.938 bits per heavy atom. The van der Waals surface area contributed by atoms with Gasteiger partial charge in [0, 0.05) is 0 Å². The second kappa shape index (κ2) is 4.36. The van der Waals surface area contributed by atoms with Gasteiger partial charge in [-0.3, -0.25) is 0 Å². The maximum Gasteiger partial charge on any atom is -0.0119 e. The first kappa shape index (κ1) is 10.7. The summed E-state index contributed by atoms with van der Waals surface area (Å²) in [6.07, 6.45) is 1.92. The summed E-state index contributed by atoms with van der Waals surface area (Å²) in [4.78, 5) is 0. The summed E-state index contributed by atoms with van der Waals surface area (Å²) in [6, 6.07) is 14.8. The lowest BCUT2D eigenvalue weighted by Gasteiger charge is -2.12. The second-order valence-electron chi connectivity index (χ2n) is 4.04. The van der Waals surface area contributed by atoms with Crippen molar-refractivity contribution < 1.29 is 0 Å². The van der Waals surface area contributed by atoms with E-state index in [2.05, 4.69) is 56.8 Å². The Morgan fingerprint density at radius 3 is 2.25 bits per heavy atom. The molecule has 0 fully saturated rings. The largest absolute Gasteiger partial charge is 0.0985 e. The van der Waals surface area contributed by atoms with Gasteiger partial charge in [0.1, 0.15) is 0 Å². The van der Waals surface area contributed by atoms with E-state index in [1.807, 2.05) is 12.1 Å². The van der Waals surface area contributed by atoms with Gasteiger partial charge in [0.05, 0.1) is 0 Å². The summed E-state index contributed by atoms with van der Waals surface area (Å²) < 4.78 is 0. The maximum absolute atomic E-state index is 3.86. The van der Waals surface area contributed by atoms with Crippen molar-refractivity contribution in [2.45, 2.75) is 13.8 Å². The molecule has 0 atom stereocenters. The molecule has 2 rings (SSSR count). The Hall–Kier alpha value is -1.82. The van der Waals surface area contributed by atoms with Crippen LogP contribution in [0.5, 0.6) is 0 Å². The Bertz CT molecular complexity index is 507. The molecular weight excluding hydrogens is 192 g/mol. The van der Waals surface area contributed by atoms with Crippen LogP contribution in [-0.2, 0) is 0 Å². The lowest BCUT2D eigenvalue weighted by atomic mass is 9.92. The van der Waals surface area contributed by atoms with Crippen LogP contribution in [0.2, 0.25) is 0 Å². The van der Waals surface area contributed by atoms with Crippen LogP contribution in [-0.4, -0.2) is 0 Å². The first-order valence-electron chi connectivity index (χ1n) is 5.52. The number of benzene rings is 2. The van der Waals surface area contributed by atoms with Gasteiger partial charge in [-0.15, -0.1) is 0 Å². The molecule has 0 amide bonds. The van der Waals surface area contributed by atoms with Gasteiger partial charge in [-0.05, 0) is 41.7 Å². The lowest BCUT2D eigenvalue weighted by Crippen LogP contribution is -1.90. The van der Waals surface area contributed by atoms with Crippen molar-refractivity contribution in [3.8, 4) is 11.1 Å². The van der Waals surface area contributed by atoms with Crippen LogP contribution >= 0.6 is 0 Å². The van der Waals surface area contributed by atoms with E-state index >= 15 is 0 Å². The molecule has 0 unspecified atom stereocenters. The fourth-order valence-electron chi connectivity index (χ4n) is 2.13. The van der Waals surface area contributed by atoms with Crippen molar-refractivity contribution >= 4 is 6.08 Å². The fraction of sp³-hybridized carbons (Fsp3) is 0.125. The average Bonchev–Trinajstić information content (AvgIpc) is 2.31. The highest BCUT2D eigenvalue weighted by molar-refractivity contribution is 5.75. The molecule has 0 aliphatic rings. The molecule has 0 aromatic heterocycles. The number of aryl methyl sites for hydroxylation is 1. The van der Waals surface area contributed by atoms with Gasteiger partial charge in [-0.2, -0.15) is 0 Å². The Morgan fingerprint density at radius 2 is 1.62 bits per heavy atom. The minimum Gasteiger partial charge on any atom is -0.0985 e. The van der Waals surface area contributed by atoms with E-state index in [1.54, 1.807) is 0 Å². The lowest BCUT2D eigenvalue weighted by molar-refractivity contribution is 1.36. The van der Waals surface area contributed by atoms with Crippen molar-refractivity contribution in [2.24, 2.45) is 0 Å². The minimum atomic E-state index is 1.21. The van der Waals surface area contributed by atoms with Crippen LogP contribution < -0.4 is 0 Å². The van der Waals surface area contributed by atoms with Gasteiger partial charge in [0.2, 0.25) is 0 Å². The van der Waals surface area contributed by atoms with Crippen LogP contribution in [0.15, 0.2) is 49.0 Å². The summed E-state index contributed by atoms with van der Waals surface area (Å²) in [5.74, 6) is 0. The third kappa shape index (κ3) is 1.79. The molecule has 0 radical (unpaired) electrons.